The molecular weight excluding hydrogens is 225 g/mol. The molecule has 0 aromatic heterocycles. The van der Waals surface area contributed by atoms with Gasteiger partial charge >= 0.3 is 0 Å². The minimum absolute atomic E-state index is 0.524. The molecule has 0 aromatic rings. The summed E-state index contributed by atoms with van der Waals surface area (Å²) in [6.45, 7) is 0. The van der Waals surface area contributed by atoms with Gasteiger partial charge in [0.2, 0.25) is 0 Å². The van der Waals surface area contributed by atoms with Crippen LogP contribution in [-0.4, -0.2) is 47.3 Å². The second-order valence-electron chi connectivity index (χ2n) is 2.09. The van der Waals surface area contributed by atoms with Gasteiger partial charge in [0.1, 0.15) is 0 Å². The summed E-state index contributed by atoms with van der Waals surface area (Å²) in [5.41, 5.74) is 0. The SMILES string of the molecule is [Si][Si]C1([Si][Si])CCCSS1. The summed E-state index contributed by atoms with van der Waals surface area (Å²) in [6, 6.07) is 0. The van der Waals surface area contributed by atoms with Crippen molar-refractivity contribution in [2.45, 2.75) is 16.8 Å². The molecule has 0 atom stereocenters. The van der Waals surface area contributed by atoms with Gasteiger partial charge in [0, 0.05) is 43.3 Å². The predicted octanol–water partition coefficient (Wildman–Crippen LogP) is 0.391. The molecule has 0 bridgehead atoms. The highest BCUT2D eigenvalue weighted by molar-refractivity contribution is 8.78. The summed E-state index contributed by atoms with van der Waals surface area (Å²) < 4.78 is 0.524. The van der Waals surface area contributed by atoms with Gasteiger partial charge in [0.15, 0.2) is 0 Å². The van der Waals surface area contributed by atoms with Crippen LogP contribution in [-0.2, 0) is 0 Å². The van der Waals surface area contributed by atoms with Crippen LogP contribution in [0.1, 0.15) is 12.8 Å². The zero-order chi connectivity index (χ0) is 7.45. The van der Waals surface area contributed by atoms with Gasteiger partial charge in [-0.05, 0) is 16.8 Å². The van der Waals surface area contributed by atoms with Crippen LogP contribution < -0.4 is 0 Å². The zero-order valence-electron chi connectivity index (χ0n) is 5.44. The Balaban J connectivity index is 2.44. The summed E-state index contributed by atoms with van der Waals surface area (Å²) in [6.07, 6.45) is 2.75. The van der Waals surface area contributed by atoms with E-state index in [0.29, 0.717) is 3.99 Å². The van der Waals surface area contributed by atoms with Crippen LogP contribution in [0.2, 0.25) is 0 Å². The van der Waals surface area contributed by atoms with Gasteiger partial charge in [0.05, 0.1) is 0 Å². The van der Waals surface area contributed by atoms with Crippen LogP contribution in [0, 0.1) is 0 Å². The molecular formula is C4H6S2Si4. The van der Waals surface area contributed by atoms with Gasteiger partial charge in [0.25, 0.3) is 0 Å². The maximum absolute atomic E-state index is 3.64. The third-order valence-electron chi connectivity index (χ3n) is 1.36. The molecule has 0 amide bonds. The number of hydrogen-bond donors (Lipinski definition) is 0. The van der Waals surface area contributed by atoms with E-state index in [1.807, 2.05) is 10.8 Å². The largest absolute Gasteiger partial charge is 0.0953 e. The van der Waals surface area contributed by atoms with Crippen LogP contribution in [0.4, 0.5) is 0 Å². The molecule has 1 fully saturated rings. The van der Waals surface area contributed by atoms with Crippen molar-refractivity contribution in [2.75, 3.05) is 5.75 Å². The second-order valence-corrected chi connectivity index (χ2v) is 9.73. The Morgan fingerprint density at radius 2 is 2.00 bits per heavy atom. The summed E-state index contributed by atoms with van der Waals surface area (Å²) in [5, 5.41) is 0. The van der Waals surface area contributed by atoms with Gasteiger partial charge in [-0.3, -0.25) is 0 Å². The lowest BCUT2D eigenvalue weighted by molar-refractivity contribution is 0.831. The molecule has 1 aliphatic heterocycles. The van der Waals surface area contributed by atoms with Gasteiger partial charge in [-0.15, -0.1) is 0 Å². The Labute approximate surface area is 81.5 Å². The Hall–Kier alpha value is 1.57. The first-order valence-electron chi connectivity index (χ1n) is 3.01. The van der Waals surface area contributed by atoms with Crippen LogP contribution in [0.3, 0.4) is 0 Å². The average molecular weight is 231 g/mol. The molecule has 0 aliphatic carbocycles. The molecule has 0 saturated carbocycles. The molecule has 0 aromatic carbocycles. The van der Waals surface area contributed by atoms with Crippen molar-refractivity contribution in [3.05, 3.63) is 0 Å². The fourth-order valence-electron chi connectivity index (χ4n) is 0.762. The fraction of sp³-hybridized carbons (Fsp3) is 1.00. The van der Waals surface area contributed by atoms with E-state index < -0.39 is 0 Å². The van der Waals surface area contributed by atoms with Crippen molar-refractivity contribution in [3.8, 4) is 0 Å². The normalized spacial score (nSPS) is 24.6. The van der Waals surface area contributed by atoms with Crippen molar-refractivity contribution in [1.82, 2.24) is 0 Å². The maximum Gasteiger partial charge on any atom is 0.0363 e. The molecule has 1 rings (SSSR count). The van der Waals surface area contributed by atoms with Crippen LogP contribution in [0.15, 0.2) is 0 Å². The molecule has 0 spiro atoms. The van der Waals surface area contributed by atoms with Gasteiger partial charge < -0.3 is 0 Å². The van der Waals surface area contributed by atoms with E-state index in [1.54, 1.807) is 0 Å². The summed E-state index contributed by atoms with van der Waals surface area (Å²) >= 11 is 0. The Morgan fingerprint density at radius 1 is 1.30 bits per heavy atom. The average Bonchev–Trinajstić information content (AvgIpc) is 2.06. The Kier molecular flexibility index (Phi) is 4.40. The lowest BCUT2D eigenvalue weighted by atomic mass is 10.4. The maximum atomic E-state index is 3.64. The molecule has 10 radical (unpaired) electrons. The minimum Gasteiger partial charge on any atom is -0.0953 e. The van der Waals surface area contributed by atoms with E-state index in [-0.39, 0.29) is 0 Å². The number of hydrogen-bond acceptors (Lipinski definition) is 2. The molecule has 1 saturated heterocycles. The topological polar surface area (TPSA) is 0 Å². The molecule has 10 heavy (non-hydrogen) atoms. The standard InChI is InChI=1S/C4H6S2Si4/c7-9-4(10-8)2-1-3-5-6-4/h1-3H2. The molecule has 0 unspecified atom stereocenters. The minimum atomic E-state index is 0.524. The molecule has 6 heteroatoms. The molecule has 1 aliphatic rings. The molecule has 0 N–H and O–H groups in total. The summed E-state index contributed by atoms with van der Waals surface area (Å²) in [4.78, 5) is 0. The Bertz CT molecular complexity index is 97.4. The van der Waals surface area contributed by atoms with Gasteiger partial charge in [-0.2, -0.15) is 0 Å². The fourth-order valence-corrected chi connectivity index (χ4v) is 11.2. The predicted molar refractivity (Wildman–Crippen MR) is 55.0 cm³/mol. The van der Waals surface area contributed by atoms with E-state index in [9.17, 15) is 0 Å². The molecule has 0 nitrogen and oxygen atoms in total. The number of rotatable bonds is 2. The first-order chi connectivity index (χ1) is 4.83. The van der Waals surface area contributed by atoms with Crippen LogP contribution in [0.25, 0.3) is 0 Å². The van der Waals surface area contributed by atoms with Crippen molar-refractivity contribution >= 4 is 59.2 Å². The van der Waals surface area contributed by atoms with E-state index >= 15 is 0 Å². The van der Waals surface area contributed by atoms with Crippen molar-refractivity contribution in [1.29, 1.82) is 0 Å². The second kappa shape index (κ2) is 4.56. The lowest BCUT2D eigenvalue weighted by Gasteiger charge is -2.33. The van der Waals surface area contributed by atoms with E-state index in [4.69, 9.17) is 0 Å². The van der Waals surface area contributed by atoms with Crippen LogP contribution in [0.5, 0.6) is 0 Å². The van der Waals surface area contributed by atoms with Crippen molar-refractivity contribution < 1.29 is 0 Å². The first-order valence-corrected chi connectivity index (χ1v) is 10.3. The highest BCUT2D eigenvalue weighted by atomic mass is 33.1. The van der Waals surface area contributed by atoms with Gasteiger partial charge in [-0.1, -0.05) is 21.6 Å². The summed E-state index contributed by atoms with van der Waals surface area (Å²) in [5.74, 6) is 1.33. The quantitative estimate of drug-likeness (QED) is 0.497. The monoisotopic (exact) mass is 230 g/mol. The van der Waals surface area contributed by atoms with Gasteiger partial charge in [-0.25, -0.2) is 0 Å². The van der Waals surface area contributed by atoms with E-state index in [0.717, 1.165) is 18.1 Å². The highest BCUT2D eigenvalue weighted by Crippen LogP contribution is 2.42. The lowest BCUT2D eigenvalue weighted by Crippen LogP contribution is -2.41. The highest BCUT2D eigenvalue weighted by Gasteiger charge is 2.29. The van der Waals surface area contributed by atoms with E-state index in [1.165, 1.54) is 18.6 Å². The van der Waals surface area contributed by atoms with Crippen molar-refractivity contribution in [3.63, 3.8) is 0 Å². The smallest absolute Gasteiger partial charge is 0.0363 e. The van der Waals surface area contributed by atoms with Crippen molar-refractivity contribution in [2.24, 2.45) is 0 Å². The third kappa shape index (κ3) is 2.28. The molecule has 50 valence electrons. The zero-order valence-corrected chi connectivity index (χ0v) is 11.1. The van der Waals surface area contributed by atoms with E-state index in [2.05, 4.69) is 30.3 Å². The Morgan fingerprint density at radius 3 is 2.30 bits per heavy atom. The summed E-state index contributed by atoms with van der Waals surface area (Å²) in [7, 11) is 13.1. The first kappa shape index (κ1) is 9.65. The molecule has 1 heterocycles. The third-order valence-corrected chi connectivity index (χ3v) is 13.4. The van der Waals surface area contributed by atoms with Crippen LogP contribution >= 0.6 is 21.6 Å².